The highest BCUT2D eigenvalue weighted by atomic mass is 32.2. The van der Waals surface area contributed by atoms with Crippen molar-refractivity contribution in [3.05, 3.63) is 59.7 Å². The van der Waals surface area contributed by atoms with E-state index < -0.39 is 21.8 Å². The van der Waals surface area contributed by atoms with Crippen molar-refractivity contribution in [2.45, 2.75) is 24.8 Å². The number of halogens is 2. The first-order valence-electron chi connectivity index (χ1n) is 10.2. The van der Waals surface area contributed by atoms with E-state index in [0.29, 0.717) is 18.5 Å². The van der Waals surface area contributed by atoms with E-state index in [1.165, 1.54) is 32.3 Å². The fourth-order valence-electron chi connectivity index (χ4n) is 4.10. The number of rotatable bonds is 7. The van der Waals surface area contributed by atoms with E-state index in [1.807, 2.05) is 6.07 Å². The van der Waals surface area contributed by atoms with Crippen molar-refractivity contribution in [3.8, 4) is 11.1 Å². The molecule has 1 N–H and O–H groups in total. The summed E-state index contributed by atoms with van der Waals surface area (Å²) >= 11 is 0. The summed E-state index contributed by atoms with van der Waals surface area (Å²) in [5.41, 5.74) is 1.16. The fourth-order valence-corrected chi connectivity index (χ4v) is 4.76. The first kappa shape index (κ1) is 21.9. The molecule has 9 heteroatoms. The predicted molar refractivity (Wildman–Crippen MR) is 113 cm³/mol. The molecule has 6 nitrogen and oxygen atoms in total. The van der Waals surface area contributed by atoms with Crippen LogP contribution in [0.1, 0.15) is 24.3 Å². The smallest absolute Gasteiger partial charge is 0.279 e. The van der Waals surface area contributed by atoms with E-state index in [-0.39, 0.29) is 35.9 Å². The van der Waals surface area contributed by atoms with Crippen LogP contribution in [0.15, 0.2) is 42.5 Å². The van der Waals surface area contributed by atoms with Gasteiger partial charge in [-0.1, -0.05) is 30.3 Å². The zero-order valence-electron chi connectivity index (χ0n) is 17.4. The van der Waals surface area contributed by atoms with Gasteiger partial charge in [0.2, 0.25) is 5.91 Å². The predicted octanol–water partition coefficient (Wildman–Crippen LogP) is 2.73. The van der Waals surface area contributed by atoms with Gasteiger partial charge < -0.3 is 4.90 Å². The number of benzene rings is 2. The quantitative estimate of drug-likeness (QED) is 0.707. The van der Waals surface area contributed by atoms with Crippen LogP contribution >= 0.6 is 0 Å². The molecular formula is C22H25F2N3O3S. The Hall–Kier alpha value is -2.36. The number of nitrogens with one attached hydrogen (secondary N) is 1. The van der Waals surface area contributed by atoms with E-state index in [1.54, 1.807) is 23.1 Å². The second-order valence-corrected chi connectivity index (χ2v) is 10.2. The second-order valence-electron chi connectivity index (χ2n) is 8.24. The van der Waals surface area contributed by atoms with Gasteiger partial charge in [0, 0.05) is 39.1 Å². The van der Waals surface area contributed by atoms with Crippen molar-refractivity contribution in [1.82, 2.24) is 13.9 Å². The first-order valence-corrected chi connectivity index (χ1v) is 11.7. The number of carbonyl (C=O) groups is 1. The van der Waals surface area contributed by atoms with Gasteiger partial charge in [0.1, 0.15) is 11.6 Å². The van der Waals surface area contributed by atoms with Crippen molar-refractivity contribution in [3.63, 3.8) is 0 Å². The molecule has 1 saturated heterocycles. The zero-order valence-corrected chi connectivity index (χ0v) is 18.2. The standard InChI is InChI=1S/C22H25F2N3O3S/c1-26(2)31(29,30)25-13-14-10-11-27(14)22(28)18-12-17(18)15-6-3-4-7-16(15)21-19(23)8-5-9-20(21)24/h3-9,14,17-18,25H,10-13H2,1-2H3/t14-,17+,18-/m1/s1. The molecule has 0 bridgehead atoms. The molecule has 1 amide bonds. The van der Waals surface area contributed by atoms with Gasteiger partial charge in [0.05, 0.1) is 5.56 Å². The first-order chi connectivity index (χ1) is 14.7. The highest BCUT2D eigenvalue weighted by Crippen LogP contribution is 2.52. The molecule has 31 heavy (non-hydrogen) atoms. The normalized spacial score (nSPS) is 23.0. The maximum atomic E-state index is 14.4. The van der Waals surface area contributed by atoms with Gasteiger partial charge in [-0.25, -0.2) is 13.5 Å². The van der Waals surface area contributed by atoms with Crippen LogP contribution in [0.5, 0.6) is 0 Å². The third-order valence-corrected chi connectivity index (χ3v) is 7.60. The lowest BCUT2D eigenvalue weighted by Crippen LogP contribution is -2.57. The summed E-state index contributed by atoms with van der Waals surface area (Å²) in [5, 5.41) is 0. The molecule has 1 saturated carbocycles. The lowest BCUT2D eigenvalue weighted by atomic mass is 9.94. The molecule has 0 unspecified atom stereocenters. The Morgan fingerprint density at radius 2 is 1.81 bits per heavy atom. The lowest BCUT2D eigenvalue weighted by molar-refractivity contribution is -0.140. The van der Waals surface area contributed by atoms with Gasteiger partial charge in [-0.05, 0) is 42.0 Å². The van der Waals surface area contributed by atoms with Crippen molar-refractivity contribution in [1.29, 1.82) is 0 Å². The molecule has 0 aromatic heterocycles. The van der Waals surface area contributed by atoms with Crippen LogP contribution in [-0.2, 0) is 15.0 Å². The van der Waals surface area contributed by atoms with E-state index >= 15 is 0 Å². The van der Waals surface area contributed by atoms with Gasteiger partial charge >= 0.3 is 0 Å². The Balaban J connectivity index is 1.47. The lowest BCUT2D eigenvalue weighted by Gasteiger charge is -2.41. The van der Waals surface area contributed by atoms with Crippen molar-refractivity contribution in [2.24, 2.45) is 5.92 Å². The molecule has 3 atom stereocenters. The molecule has 1 aliphatic heterocycles. The minimum Gasteiger partial charge on any atom is -0.338 e. The molecular weight excluding hydrogens is 424 g/mol. The van der Waals surface area contributed by atoms with E-state index in [9.17, 15) is 22.0 Å². The SMILES string of the molecule is CN(C)S(=O)(=O)NC[C@H]1CCN1C(=O)[C@@H]1C[C@H]1c1ccccc1-c1c(F)cccc1F. The van der Waals surface area contributed by atoms with Crippen LogP contribution in [0.4, 0.5) is 8.78 Å². The largest absolute Gasteiger partial charge is 0.338 e. The van der Waals surface area contributed by atoms with E-state index in [4.69, 9.17) is 0 Å². The molecule has 2 aliphatic rings. The third kappa shape index (κ3) is 4.22. The Labute approximate surface area is 181 Å². The molecule has 2 fully saturated rings. The molecule has 4 rings (SSSR count). The summed E-state index contributed by atoms with van der Waals surface area (Å²) in [4.78, 5) is 14.7. The Morgan fingerprint density at radius 1 is 1.13 bits per heavy atom. The Bertz CT molecular complexity index is 1090. The number of hydrogen-bond donors (Lipinski definition) is 1. The Morgan fingerprint density at radius 3 is 2.42 bits per heavy atom. The number of carbonyl (C=O) groups excluding carboxylic acids is 1. The summed E-state index contributed by atoms with van der Waals surface area (Å²) in [6, 6.07) is 10.6. The van der Waals surface area contributed by atoms with Crippen LogP contribution in [0.2, 0.25) is 0 Å². The molecule has 1 heterocycles. The van der Waals surface area contributed by atoms with Gasteiger partial charge in [-0.3, -0.25) is 4.79 Å². The van der Waals surface area contributed by atoms with Gasteiger partial charge in [-0.15, -0.1) is 0 Å². The maximum Gasteiger partial charge on any atom is 0.279 e. The summed E-state index contributed by atoms with van der Waals surface area (Å²) in [5.74, 6) is -1.67. The Kier molecular flexibility index (Phi) is 5.85. The fraction of sp³-hybridized carbons (Fsp3) is 0.409. The van der Waals surface area contributed by atoms with Crippen LogP contribution < -0.4 is 4.72 Å². The third-order valence-electron chi connectivity index (χ3n) is 6.11. The molecule has 2 aromatic rings. The second kappa shape index (κ2) is 8.29. The number of nitrogens with zero attached hydrogens (tertiary/aromatic N) is 2. The van der Waals surface area contributed by atoms with E-state index in [2.05, 4.69) is 4.72 Å². The number of likely N-dealkylation sites (tertiary alicyclic amines) is 1. The summed E-state index contributed by atoms with van der Waals surface area (Å²) in [7, 11) is -0.665. The monoisotopic (exact) mass is 449 g/mol. The average Bonchev–Trinajstić information content (AvgIpc) is 3.48. The van der Waals surface area contributed by atoms with Gasteiger partial charge in [0.15, 0.2) is 0 Å². The molecule has 0 spiro atoms. The summed E-state index contributed by atoms with van der Waals surface area (Å²) in [6.07, 6.45) is 1.34. The van der Waals surface area contributed by atoms with Crippen LogP contribution in [0, 0.1) is 17.6 Å². The molecule has 166 valence electrons. The van der Waals surface area contributed by atoms with Crippen LogP contribution in [0.3, 0.4) is 0 Å². The van der Waals surface area contributed by atoms with E-state index in [0.717, 1.165) is 16.3 Å². The topological polar surface area (TPSA) is 69.7 Å². The maximum absolute atomic E-state index is 14.4. The van der Waals surface area contributed by atoms with Crippen molar-refractivity contribution in [2.75, 3.05) is 27.2 Å². The zero-order chi connectivity index (χ0) is 22.3. The van der Waals surface area contributed by atoms with Crippen molar-refractivity contribution < 1.29 is 22.0 Å². The van der Waals surface area contributed by atoms with Crippen LogP contribution in [-0.4, -0.2) is 56.8 Å². The van der Waals surface area contributed by atoms with Gasteiger partial charge in [-0.2, -0.15) is 12.7 Å². The van der Waals surface area contributed by atoms with Gasteiger partial charge in [0.25, 0.3) is 10.2 Å². The molecule has 2 aromatic carbocycles. The minimum atomic E-state index is -3.55. The average molecular weight is 450 g/mol. The van der Waals surface area contributed by atoms with Crippen LogP contribution in [0.25, 0.3) is 11.1 Å². The summed E-state index contributed by atoms with van der Waals surface area (Å²) < 4.78 is 56.2. The molecule has 0 radical (unpaired) electrons. The highest BCUT2D eigenvalue weighted by molar-refractivity contribution is 7.87. The highest BCUT2D eigenvalue weighted by Gasteiger charge is 2.49. The summed E-state index contributed by atoms with van der Waals surface area (Å²) in [6.45, 7) is 0.751. The molecule has 1 aliphatic carbocycles. The number of amides is 1. The number of hydrogen-bond acceptors (Lipinski definition) is 3. The minimum absolute atomic E-state index is 0.0332. The van der Waals surface area contributed by atoms with Crippen molar-refractivity contribution >= 4 is 16.1 Å².